The average Bonchev–Trinajstić information content (AvgIpc) is 2.74. The van der Waals surface area contributed by atoms with E-state index in [1.165, 1.54) is 0 Å². The van der Waals surface area contributed by atoms with Gasteiger partial charge < -0.3 is 15.0 Å². The van der Waals surface area contributed by atoms with E-state index in [1.54, 1.807) is 37.5 Å². The van der Waals surface area contributed by atoms with E-state index in [0.29, 0.717) is 22.0 Å². The minimum absolute atomic E-state index is 0.0218. The van der Waals surface area contributed by atoms with Crippen molar-refractivity contribution in [2.45, 2.75) is 39.7 Å². The van der Waals surface area contributed by atoms with Crippen LogP contribution in [0.15, 0.2) is 48.0 Å². The van der Waals surface area contributed by atoms with Crippen molar-refractivity contribution in [3.05, 3.63) is 64.2 Å². The van der Waals surface area contributed by atoms with Gasteiger partial charge in [0.05, 0.1) is 12.6 Å². The van der Waals surface area contributed by atoms with Gasteiger partial charge in [-0.1, -0.05) is 30.7 Å². The molecule has 6 heteroatoms. The van der Waals surface area contributed by atoms with Gasteiger partial charge in [0.15, 0.2) is 0 Å². The Labute approximate surface area is 194 Å². The molecule has 5 nitrogen and oxygen atoms in total. The first-order chi connectivity index (χ1) is 15.2. The molecule has 0 saturated heterocycles. The lowest BCUT2D eigenvalue weighted by atomic mass is 9.87. The number of hydrogen-bond acceptors (Lipinski definition) is 4. The van der Waals surface area contributed by atoms with Gasteiger partial charge in [-0.2, -0.15) is 5.26 Å². The van der Waals surface area contributed by atoms with Crippen molar-refractivity contribution in [1.29, 1.82) is 5.26 Å². The largest absolute Gasteiger partial charge is 0.496 e. The third-order valence-electron chi connectivity index (χ3n) is 5.52. The molecule has 1 N–H and O–H groups in total. The maximum absolute atomic E-state index is 12.7. The molecule has 0 fully saturated rings. The highest BCUT2D eigenvalue weighted by Crippen LogP contribution is 2.42. The number of carbonyl (C=O) groups excluding carboxylic acids is 1. The van der Waals surface area contributed by atoms with Crippen molar-refractivity contribution >= 4 is 40.5 Å². The molecule has 0 bridgehead atoms. The second-order valence-electron chi connectivity index (χ2n) is 8.38. The predicted molar refractivity (Wildman–Crippen MR) is 132 cm³/mol. The van der Waals surface area contributed by atoms with Crippen LogP contribution < -0.4 is 15.0 Å². The molecule has 1 amide bonds. The van der Waals surface area contributed by atoms with Gasteiger partial charge in [0.1, 0.15) is 17.4 Å². The van der Waals surface area contributed by atoms with E-state index < -0.39 is 5.91 Å². The number of hydrogen-bond donors (Lipinski definition) is 1. The smallest absolute Gasteiger partial charge is 0.266 e. The van der Waals surface area contributed by atoms with Crippen molar-refractivity contribution in [1.82, 2.24) is 0 Å². The quantitative estimate of drug-likeness (QED) is 0.414. The summed E-state index contributed by atoms with van der Waals surface area (Å²) in [5.41, 5.74) is 4.36. The number of fused-ring (bicyclic) bond motifs is 1. The Bertz CT molecular complexity index is 1140. The summed E-state index contributed by atoms with van der Waals surface area (Å²) in [5.74, 6) is 0.106. The number of halogens is 1. The molecule has 32 heavy (non-hydrogen) atoms. The maximum atomic E-state index is 12.7. The van der Waals surface area contributed by atoms with Gasteiger partial charge in [-0.05, 0) is 63.1 Å². The van der Waals surface area contributed by atoms with E-state index in [9.17, 15) is 10.1 Å². The lowest BCUT2D eigenvalue weighted by molar-refractivity contribution is -0.112. The van der Waals surface area contributed by atoms with Gasteiger partial charge in [0.25, 0.3) is 5.91 Å². The van der Waals surface area contributed by atoms with Crippen molar-refractivity contribution in [2.75, 3.05) is 23.9 Å². The SMILES string of the molecule is CCCN1c2cc(OC)c(/C=C(\C#N)C(=O)Nc3cccc(Cl)c3)cc2C(C)=CC1(C)C. The van der Waals surface area contributed by atoms with Gasteiger partial charge in [0.2, 0.25) is 0 Å². The maximum Gasteiger partial charge on any atom is 0.266 e. The van der Waals surface area contributed by atoms with Gasteiger partial charge >= 0.3 is 0 Å². The van der Waals surface area contributed by atoms with E-state index in [2.05, 4.69) is 44.0 Å². The molecule has 3 rings (SSSR count). The van der Waals surface area contributed by atoms with Crippen molar-refractivity contribution < 1.29 is 9.53 Å². The summed E-state index contributed by atoms with van der Waals surface area (Å²) < 4.78 is 5.65. The van der Waals surface area contributed by atoms with Crippen LogP contribution in [0.4, 0.5) is 11.4 Å². The standard InChI is InChI=1S/C26H28ClN3O2/c1-6-10-30-23-14-24(32-5)18(12-22(23)17(2)15-26(30,3)4)11-19(16-28)25(31)29-21-9-7-8-20(27)13-21/h7-9,11-15H,6,10H2,1-5H3,(H,29,31)/b19-11+. The number of amides is 1. The first kappa shape index (κ1) is 23.4. The minimum Gasteiger partial charge on any atom is -0.496 e. The Balaban J connectivity index is 2.04. The van der Waals surface area contributed by atoms with Crippen LogP contribution in [0.3, 0.4) is 0 Å². The number of methoxy groups -OCH3 is 1. The predicted octanol–water partition coefficient (Wildman–Crippen LogP) is 6.31. The molecule has 0 spiro atoms. The summed E-state index contributed by atoms with van der Waals surface area (Å²) in [6.07, 6.45) is 4.83. The fourth-order valence-electron chi connectivity index (χ4n) is 4.11. The molecular weight excluding hydrogens is 422 g/mol. The van der Waals surface area contributed by atoms with E-state index in [-0.39, 0.29) is 11.1 Å². The highest BCUT2D eigenvalue weighted by atomic mass is 35.5. The Morgan fingerprint density at radius 1 is 1.31 bits per heavy atom. The molecule has 0 aliphatic carbocycles. The van der Waals surface area contributed by atoms with Gasteiger partial charge in [-0.25, -0.2) is 0 Å². The lowest BCUT2D eigenvalue weighted by Crippen LogP contribution is -2.45. The van der Waals surface area contributed by atoms with Crippen molar-refractivity contribution in [3.8, 4) is 11.8 Å². The zero-order valence-corrected chi connectivity index (χ0v) is 19.9. The molecule has 2 aromatic carbocycles. The minimum atomic E-state index is -0.504. The second kappa shape index (κ2) is 9.50. The summed E-state index contributed by atoms with van der Waals surface area (Å²) in [7, 11) is 1.60. The van der Waals surface area contributed by atoms with Crippen LogP contribution in [0, 0.1) is 11.3 Å². The summed E-state index contributed by atoms with van der Waals surface area (Å²) in [6.45, 7) is 9.55. The Morgan fingerprint density at radius 3 is 2.69 bits per heavy atom. The highest BCUT2D eigenvalue weighted by molar-refractivity contribution is 6.31. The highest BCUT2D eigenvalue weighted by Gasteiger charge is 2.31. The van der Waals surface area contributed by atoms with Crippen molar-refractivity contribution in [2.24, 2.45) is 0 Å². The van der Waals surface area contributed by atoms with Gasteiger partial charge in [0, 0.05) is 40.1 Å². The topological polar surface area (TPSA) is 65.4 Å². The molecule has 1 heterocycles. The number of rotatable bonds is 6. The Morgan fingerprint density at radius 2 is 2.06 bits per heavy atom. The molecule has 0 unspecified atom stereocenters. The van der Waals surface area contributed by atoms with Crippen LogP contribution in [0.1, 0.15) is 45.2 Å². The number of carbonyl (C=O) groups is 1. The molecule has 0 aromatic heterocycles. The zero-order valence-electron chi connectivity index (χ0n) is 19.1. The fraction of sp³-hybridized carbons (Fsp3) is 0.308. The van der Waals surface area contributed by atoms with Gasteiger partial charge in [-0.15, -0.1) is 0 Å². The van der Waals surface area contributed by atoms with Crippen LogP contribution in [0.2, 0.25) is 5.02 Å². The third kappa shape index (κ3) is 4.81. The fourth-order valence-corrected chi connectivity index (χ4v) is 4.30. The number of ether oxygens (including phenoxy) is 1. The third-order valence-corrected chi connectivity index (χ3v) is 5.76. The summed E-state index contributed by atoms with van der Waals surface area (Å²) in [4.78, 5) is 15.1. The summed E-state index contributed by atoms with van der Waals surface area (Å²) in [6, 6.07) is 12.8. The van der Waals surface area contributed by atoms with Gasteiger partial charge in [-0.3, -0.25) is 4.79 Å². The number of nitrogens with one attached hydrogen (secondary N) is 1. The number of nitriles is 1. The number of benzene rings is 2. The molecule has 2 aromatic rings. The Hall–Kier alpha value is -3.23. The lowest BCUT2D eigenvalue weighted by Gasteiger charge is -2.43. The molecule has 166 valence electrons. The summed E-state index contributed by atoms with van der Waals surface area (Å²) >= 11 is 5.99. The number of anilines is 2. The number of nitrogens with zero attached hydrogens (tertiary/aromatic N) is 2. The van der Waals surface area contributed by atoms with E-state index in [1.807, 2.05) is 18.2 Å². The van der Waals surface area contributed by atoms with Crippen LogP contribution in [0.25, 0.3) is 11.6 Å². The van der Waals surface area contributed by atoms with Crippen LogP contribution >= 0.6 is 11.6 Å². The van der Waals surface area contributed by atoms with E-state index >= 15 is 0 Å². The van der Waals surface area contributed by atoms with Crippen LogP contribution in [0.5, 0.6) is 5.75 Å². The van der Waals surface area contributed by atoms with E-state index in [4.69, 9.17) is 16.3 Å². The molecule has 0 saturated carbocycles. The molecule has 1 aliphatic rings. The van der Waals surface area contributed by atoms with Crippen LogP contribution in [-0.4, -0.2) is 25.1 Å². The van der Waals surface area contributed by atoms with Crippen molar-refractivity contribution in [3.63, 3.8) is 0 Å². The number of allylic oxidation sites excluding steroid dienone is 1. The second-order valence-corrected chi connectivity index (χ2v) is 8.81. The normalized spacial score (nSPS) is 14.8. The first-order valence-corrected chi connectivity index (χ1v) is 11.0. The van der Waals surface area contributed by atoms with E-state index in [0.717, 1.165) is 29.8 Å². The van der Waals surface area contributed by atoms with Crippen LogP contribution in [-0.2, 0) is 4.79 Å². The molecule has 0 atom stereocenters. The monoisotopic (exact) mass is 449 g/mol. The molecule has 0 radical (unpaired) electrons. The Kier molecular flexibility index (Phi) is 6.96. The molecule has 1 aliphatic heterocycles. The average molecular weight is 450 g/mol. The first-order valence-electron chi connectivity index (χ1n) is 10.6. The molecular formula is C26H28ClN3O2. The zero-order chi connectivity index (χ0) is 23.5. The summed E-state index contributed by atoms with van der Waals surface area (Å²) in [5, 5.41) is 12.9.